The Morgan fingerprint density at radius 2 is 1.93 bits per heavy atom. The lowest BCUT2D eigenvalue weighted by Crippen LogP contribution is -2.38. The van der Waals surface area contributed by atoms with E-state index < -0.39 is 17.2 Å². The molecule has 0 atom stereocenters. The summed E-state index contributed by atoms with van der Waals surface area (Å²) < 4.78 is 30.4. The van der Waals surface area contributed by atoms with E-state index in [1.807, 2.05) is 0 Å². The van der Waals surface area contributed by atoms with Gasteiger partial charge in [0.1, 0.15) is 12.4 Å². The van der Waals surface area contributed by atoms with Crippen molar-refractivity contribution in [1.82, 2.24) is 0 Å². The highest BCUT2D eigenvalue weighted by Crippen LogP contribution is 2.16. The average molecular weight is 201 g/mol. The number of nitrogens with two attached hydrogens (primary N) is 1. The van der Waals surface area contributed by atoms with E-state index in [9.17, 15) is 8.78 Å². The summed E-state index contributed by atoms with van der Waals surface area (Å²) in [6.45, 7) is 3.82. The molecule has 0 spiro atoms. The molecule has 1 aromatic rings. The van der Waals surface area contributed by atoms with E-state index in [-0.39, 0.29) is 12.4 Å². The Labute approximate surface area is 81.7 Å². The third-order valence-corrected chi connectivity index (χ3v) is 1.50. The molecule has 2 N–H and O–H groups in total. The smallest absolute Gasteiger partial charge is 0.162 e. The molecule has 0 bridgehead atoms. The Hall–Kier alpha value is -1.16. The van der Waals surface area contributed by atoms with Gasteiger partial charge >= 0.3 is 0 Å². The van der Waals surface area contributed by atoms with Gasteiger partial charge in [0.05, 0.1) is 0 Å². The van der Waals surface area contributed by atoms with Crippen LogP contribution < -0.4 is 10.5 Å². The number of benzene rings is 1. The molecule has 78 valence electrons. The molecule has 0 heterocycles. The molecule has 0 saturated heterocycles. The van der Waals surface area contributed by atoms with Crippen molar-refractivity contribution in [2.24, 2.45) is 5.73 Å². The Morgan fingerprint density at radius 1 is 1.29 bits per heavy atom. The lowest BCUT2D eigenvalue weighted by atomic mass is 10.1. The van der Waals surface area contributed by atoms with Crippen molar-refractivity contribution < 1.29 is 13.5 Å². The van der Waals surface area contributed by atoms with Crippen LogP contribution in [0.4, 0.5) is 8.78 Å². The highest BCUT2D eigenvalue weighted by Gasteiger charge is 2.12. The molecule has 0 saturated carbocycles. The number of ether oxygens (including phenoxy) is 1. The van der Waals surface area contributed by atoms with Gasteiger partial charge in [-0.05, 0) is 26.0 Å². The summed E-state index contributed by atoms with van der Waals surface area (Å²) in [5, 5.41) is 0. The average Bonchev–Trinajstić information content (AvgIpc) is 2.06. The Kier molecular flexibility index (Phi) is 3.06. The van der Waals surface area contributed by atoms with Crippen LogP contribution >= 0.6 is 0 Å². The van der Waals surface area contributed by atoms with Gasteiger partial charge in [-0.2, -0.15) is 0 Å². The second-order valence-electron chi connectivity index (χ2n) is 3.85. The van der Waals surface area contributed by atoms with Gasteiger partial charge < -0.3 is 10.5 Å². The van der Waals surface area contributed by atoms with Crippen molar-refractivity contribution >= 4 is 0 Å². The van der Waals surface area contributed by atoms with E-state index in [1.165, 1.54) is 6.07 Å². The van der Waals surface area contributed by atoms with E-state index in [4.69, 9.17) is 10.5 Å². The van der Waals surface area contributed by atoms with Crippen LogP contribution in [0.25, 0.3) is 0 Å². The van der Waals surface area contributed by atoms with Gasteiger partial charge in [0.2, 0.25) is 0 Å². The fourth-order valence-corrected chi connectivity index (χ4v) is 0.836. The number of hydrogen-bond acceptors (Lipinski definition) is 2. The lowest BCUT2D eigenvalue weighted by Gasteiger charge is -2.18. The largest absolute Gasteiger partial charge is 0.492 e. The zero-order chi connectivity index (χ0) is 10.8. The number of hydrogen-bond donors (Lipinski definition) is 1. The van der Waals surface area contributed by atoms with Crippen molar-refractivity contribution in [3.63, 3.8) is 0 Å². The first kappa shape index (κ1) is 10.9. The minimum Gasteiger partial charge on any atom is -0.492 e. The first-order valence-electron chi connectivity index (χ1n) is 4.25. The Bertz CT molecular complexity index is 320. The van der Waals surface area contributed by atoms with E-state index in [2.05, 4.69) is 0 Å². The molecule has 2 nitrogen and oxygen atoms in total. The molecule has 4 heteroatoms. The predicted octanol–water partition coefficient (Wildman–Crippen LogP) is 2.08. The normalized spacial score (nSPS) is 11.5. The van der Waals surface area contributed by atoms with Gasteiger partial charge in [-0.15, -0.1) is 0 Å². The molecule has 0 aromatic heterocycles. The van der Waals surface area contributed by atoms with Gasteiger partial charge in [0, 0.05) is 11.6 Å². The topological polar surface area (TPSA) is 35.2 Å². The van der Waals surface area contributed by atoms with Gasteiger partial charge in [-0.1, -0.05) is 0 Å². The van der Waals surface area contributed by atoms with Crippen LogP contribution in [-0.2, 0) is 0 Å². The molecule has 0 aliphatic rings. The Balaban J connectivity index is 2.65. The zero-order valence-electron chi connectivity index (χ0n) is 8.18. The summed E-state index contributed by atoms with van der Waals surface area (Å²) in [6.07, 6.45) is 0. The Morgan fingerprint density at radius 3 is 2.43 bits per heavy atom. The molecule has 14 heavy (non-hydrogen) atoms. The number of rotatable bonds is 3. The highest BCUT2D eigenvalue weighted by molar-refractivity contribution is 5.23. The minimum absolute atomic E-state index is 0.248. The minimum atomic E-state index is -0.919. The van der Waals surface area contributed by atoms with Crippen molar-refractivity contribution in [2.45, 2.75) is 19.4 Å². The molecule has 0 radical (unpaired) electrons. The second kappa shape index (κ2) is 3.92. The number of halogens is 2. The van der Waals surface area contributed by atoms with Crippen molar-refractivity contribution in [3.05, 3.63) is 29.8 Å². The molecular weight excluding hydrogens is 188 g/mol. The first-order valence-corrected chi connectivity index (χ1v) is 4.25. The monoisotopic (exact) mass is 201 g/mol. The zero-order valence-corrected chi connectivity index (χ0v) is 8.18. The quantitative estimate of drug-likeness (QED) is 0.812. The first-order chi connectivity index (χ1) is 6.38. The van der Waals surface area contributed by atoms with Crippen LogP contribution in [0.15, 0.2) is 18.2 Å². The predicted molar refractivity (Wildman–Crippen MR) is 50.1 cm³/mol. The lowest BCUT2D eigenvalue weighted by molar-refractivity contribution is 0.242. The molecular formula is C10H13F2NO. The molecule has 0 aliphatic heterocycles. The van der Waals surface area contributed by atoms with Crippen LogP contribution in [-0.4, -0.2) is 12.1 Å². The molecule has 0 amide bonds. The fourth-order valence-electron chi connectivity index (χ4n) is 0.836. The molecule has 1 rings (SSSR count). The van der Waals surface area contributed by atoms with Gasteiger partial charge in [-0.3, -0.25) is 0 Å². The fraction of sp³-hybridized carbons (Fsp3) is 0.400. The third kappa shape index (κ3) is 3.30. The summed E-state index contributed by atoms with van der Waals surface area (Å²) in [5.74, 6) is -1.52. The van der Waals surface area contributed by atoms with Crippen LogP contribution in [0.1, 0.15) is 13.8 Å². The van der Waals surface area contributed by atoms with Crippen molar-refractivity contribution in [1.29, 1.82) is 0 Å². The van der Waals surface area contributed by atoms with Crippen molar-refractivity contribution in [2.75, 3.05) is 6.61 Å². The SMILES string of the molecule is CC(C)(N)COc1ccc(F)c(F)c1. The third-order valence-electron chi connectivity index (χ3n) is 1.50. The molecule has 1 aromatic carbocycles. The molecule has 0 unspecified atom stereocenters. The van der Waals surface area contributed by atoms with E-state index in [0.29, 0.717) is 0 Å². The highest BCUT2D eigenvalue weighted by atomic mass is 19.2. The summed E-state index contributed by atoms with van der Waals surface area (Å²) in [6, 6.07) is 3.39. The maximum absolute atomic E-state index is 12.7. The maximum Gasteiger partial charge on any atom is 0.162 e. The van der Waals surface area contributed by atoms with Crippen LogP contribution in [0.2, 0.25) is 0 Å². The van der Waals surface area contributed by atoms with Crippen LogP contribution in [0, 0.1) is 11.6 Å². The molecule has 0 aliphatic carbocycles. The summed E-state index contributed by atoms with van der Waals surface area (Å²) in [7, 11) is 0. The van der Waals surface area contributed by atoms with E-state index >= 15 is 0 Å². The maximum atomic E-state index is 12.7. The van der Waals surface area contributed by atoms with Gasteiger partial charge in [0.25, 0.3) is 0 Å². The summed E-state index contributed by atoms with van der Waals surface area (Å²) in [5.41, 5.74) is 5.16. The van der Waals surface area contributed by atoms with Gasteiger partial charge in [0.15, 0.2) is 11.6 Å². The summed E-state index contributed by atoms with van der Waals surface area (Å²) in [4.78, 5) is 0. The van der Waals surface area contributed by atoms with E-state index in [1.54, 1.807) is 13.8 Å². The molecule has 0 fully saturated rings. The second-order valence-corrected chi connectivity index (χ2v) is 3.85. The van der Waals surface area contributed by atoms with Crippen molar-refractivity contribution in [3.8, 4) is 5.75 Å². The van der Waals surface area contributed by atoms with Crippen LogP contribution in [0.5, 0.6) is 5.75 Å². The van der Waals surface area contributed by atoms with Crippen LogP contribution in [0.3, 0.4) is 0 Å². The van der Waals surface area contributed by atoms with E-state index in [0.717, 1.165) is 12.1 Å². The summed E-state index contributed by atoms with van der Waals surface area (Å²) >= 11 is 0. The van der Waals surface area contributed by atoms with Gasteiger partial charge in [-0.25, -0.2) is 8.78 Å². The standard InChI is InChI=1S/C10H13F2NO/c1-10(2,13)6-14-7-3-4-8(11)9(12)5-7/h3-5H,6,13H2,1-2H3.